The minimum atomic E-state index is -1.13. The molecule has 2 amide bonds. The second-order valence-corrected chi connectivity index (χ2v) is 8.42. The van der Waals surface area contributed by atoms with Crippen LogP contribution in [0, 0.1) is 10.7 Å². The number of hydrogen-bond donors (Lipinski definition) is 3. The van der Waals surface area contributed by atoms with Gasteiger partial charge >= 0.3 is 5.97 Å². The second-order valence-electron chi connectivity index (χ2n) is 5.18. The SMILES string of the molecule is CNC(=O)[C@@H]1CCCN1C(=O)c1c(I)c(N)c(I)c(C(=O)O)c1I. The Morgan fingerprint density at radius 3 is 2.29 bits per heavy atom. The quantitative estimate of drug-likeness (QED) is 0.338. The highest BCUT2D eigenvalue weighted by Crippen LogP contribution is 2.35. The van der Waals surface area contributed by atoms with Crippen LogP contribution < -0.4 is 11.1 Å². The standard InChI is InChI=1S/C14H14I3N3O4/c1-19-12(21)5-3-2-4-20(5)13(22)6-8(15)7(14(23)24)10(17)11(18)9(6)16/h5H,2-4,18H2,1H3,(H,19,21)(H,23,24)/t5-/m0/s1. The molecule has 1 aliphatic rings. The number of aromatic carboxylic acids is 1. The van der Waals surface area contributed by atoms with Gasteiger partial charge in [-0.25, -0.2) is 4.79 Å². The minimum Gasteiger partial charge on any atom is -0.478 e. The molecule has 0 aliphatic carbocycles. The molecule has 0 radical (unpaired) electrons. The molecule has 0 aromatic heterocycles. The Bertz CT molecular complexity index is 739. The number of hydrogen-bond acceptors (Lipinski definition) is 4. The van der Waals surface area contributed by atoms with E-state index in [1.165, 1.54) is 11.9 Å². The number of carboxylic acids is 1. The van der Waals surface area contributed by atoms with Crippen LogP contribution >= 0.6 is 67.8 Å². The molecule has 7 nitrogen and oxygen atoms in total. The molecular weight excluding hydrogens is 655 g/mol. The number of likely N-dealkylation sites (tertiary alicyclic amines) is 1. The molecule has 130 valence electrons. The third-order valence-electron chi connectivity index (χ3n) is 3.84. The summed E-state index contributed by atoms with van der Waals surface area (Å²) >= 11 is 5.70. The number of nitrogen functional groups attached to an aromatic ring is 1. The van der Waals surface area contributed by atoms with Crippen molar-refractivity contribution in [3.63, 3.8) is 0 Å². The number of likely N-dealkylation sites (N-methyl/N-ethyl adjacent to an activating group) is 1. The highest BCUT2D eigenvalue weighted by molar-refractivity contribution is 14.1. The zero-order valence-electron chi connectivity index (χ0n) is 12.5. The van der Waals surface area contributed by atoms with E-state index in [9.17, 15) is 19.5 Å². The Kier molecular flexibility index (Phi) is 6.55. The van der Waals surface area contributed by atoms with Crippen LogP contribution in [0.25, 0.3) is 0 Å². The number of carbonyl (C=O) groups is 3. The number of amides is 2. The lowest BCUT2D eigenvalue weighted by molar-refractivity contribution is -0.124. The molecule has 0 spiro atoms. The highest BCUT2D eigenvalue weighted by Gasteiger charge is 2.37. The predicted octanol–water partition coefficient (Wildman–Crippen LogP) is 2.13. The van der Waals surface area contributed by atoms with E-state index in [2.05, 4.69) is 5.32 Å². The molecule has 0 bridgehead atoms. The third kappa shape index (κ3) is 3.45. The molecular formula is C14H14I3N3O4. The lowest BCUT2D eigenvalue weighted by Gasteiger charge is -2.25. The van der Waals surface area contributed by atoms with Crippen LogP contribution in [-0.4, -0.2) is 47.4 Å². The van der Waals surface area contributed by atoms with Crippen LogP contribution in [0.4, 0.5) is 5.69 Å². The summed E-state index contributed by atoms with van der Waals surface area (Å²) in [4.78, 5) is 38.1. The molecule has 4 N–H and O–H groups in total. The van der Waals surface area contributed by atoms with Crippen LogP contribution in [0.15, 0.2) is 0 Å². The minimum absolute atomic E-state index is 0.0214. The number of nitrogens with two attached hydrogens (primary N) is 1. The summed E-state index contributed by atoms with van der Waals surface area (Å²) in [7, 11) is 1.53. The number of nitrogens with zero attached hydrogens (tertiary/aromatic N) is 1. The van der Waals surface area contributed by atoms with Crippen LogP contribution in [0.5, 0.6) is 0 Å². The van der Waals surface area contributed by atoms with Crippen molar-refractivity contribution in [3.05, 3.63) is 21.8 Å². The van der Waals surface area contributed by atoms with Crippen molar-refractivity contribution in [2.45, 2.75) is 18.9 Å². The first-order valence-corrected chi connectivity index (χ1v) is 10.2. The van der Waals surface area contributed by atoms with Crippen molar-refractivity contribution in [2.75, 3.05) is 19.3 Å². The smallest absolute Gasteiger partial charge is 0.337 e. The normalized spacial score (nSPS) is 17.0. The number of carboxylic acid groups (broad SMARTS) is 1. The summed E-state index contributed by atoms with van der Waals surface area (Å²) < 4.78 is 1.27. The van der Waals surface area contributed by atoms with Crippen molar-refractivity contribution >= 4 is 91.2 Å². The van der Waals surface area contributed by atoms with Crippen molar-refractivity contribution in [1.29, 1.82) is 0 Å². The number of anilines is 1. The maximum Gasteiger partial charge on any atom is 0.337 e. The molecule has 1 aromatic rings. The molecule has 1 saturated heterocycles. The van der Waals surface area contributed by atoms with Gasteiger partial charge in [-0.2, -0.15) is 0 Å². The molecule has 1 fully saturated rings. The molecule has 1 heterocycles. The number of benzene rings is 1. The van der Waals surface area contributed by atoms with E-state index in [0.717, 1.165) is 6.42 Å². The molecule has 1 aromatic carbocycles. The fourth-order valence-electron chi connectivity index (χ4n) is 2.65. The summed E-state index contributed by atoms with van der Waals surface area (Å²) in [6.07, 6.45) is 1.31. The van der Waals surface area contributed by atoms with E-state index in [1.807, 2.05) is 67.8 Å². The number of rotatable bonds is 3. The third-order valence-corrected chi connectivity index (χ3v) is 7.16. The summed E-state index contributed by atoms with van der Waals surface area (Å²) in [6.45, 7) is 0.456. The molecule has 0 unspecified atom stereocenters. The fraction of sp³-hybridized carbons (Fsp3) is 0.357. The number of nitrogens with one attached hydrogen (secondary N) is 1. The van der Waals surface area contributed by atoms with Crippen LogP contribution in [0.1, 0.15) is 33.6 Å². The Morgan fingerprint density at radius 2 is 1.75 bits per heavy atom. The zero-order valence-corrected chi connectivity index (χ0v) is 19.0. The van der Waals surface area contributed by atoms with Gasteiger partial charge in [-0.15, -0.1) is 0 Å². The molecule has 2 rings (SSSR count). The molecule has 10 heteroatoms. The average Bonchev–Trinajstić information content (AvgIpc) is 3.01. The van der Waals surface area contributed by atoms with E-state index >= 15 is 0 Å². The van der Waals surface area contributed by atoms with Crippen LogP contribution in [-0.2, 0) is 4.79 Å². The van der Waals surface area contributed by atoms with Crippen molar-refractivity contribution in [2.24, 2.45) is 0 Å². The largest absolute Gasteiger partial charge is 0.478 e. The van der Waals surface area contributed by atoms with Gasteiger partial charge in [0.15, 0.2) is 0 Å². The van der Waals surface area contributed by atoms with Gasteiger partial charge in [-0.05, 0) is 80.6 Å². The lowest BCUT2D eigenvalue weighted by Crippen LogP contribution is -2.45. The van der Waals surface area contributed by atoms with Gasteiger partial charge in [-0.3, -0.25) is 9.59 Å². The van der Waals surface area contributed by atoms with Crippen molar-refractivity contribution in [1.82, 2.24) is 10.2 Å². The van der Waals surface area contributed by atoms with Gasteiger partial charge in [-0.1, -0.05) is 0 Å². The van der Waals surface area contributed by atoms with Gasteiger partial charge in [0, 0.05) is 17.2 Å². The first-order valence-electron chi connectivity index (χ1n) is 6.94. The summed E-state index contributed by atoms with van der Waals surface area (Å²) in [6, 6.07) is -0.539. The maximum atomic E-state index is 13.0. The van der Waals surface area contributed by atoms with Crippen molar-refractivity contribution in [3.8, 4) is 0 Å². The van der Waals surface area contributed by atoms with Gasteiger partial charge < -0.3 is 21.1 Å². The van der Waals surface area contributed by atoms with Gasteiger partial charge in [0.2, 0.25) is 5.91 Å². The highest BCUT2D eigenvalue weighted by atomic mass is 127. The van der Waals surface area contributed by atoms with E-state index < -0.39 is 12.0 Å². The first kappa shape index (κ1) is 19.9. The second kappa shape index (κ2) is 7.88. The van der Waals surface area contributed by atoms with E-state index in [1.54, 1.807) is 0 Å². The summed E-state index contributed by atoms with van der Waals surface area (Å²) in [5, 5.41) is 12.0. The van der Waals surface area contributed by atoms with Gasteiger partial charge in [0.25, 0.3) is 5.91 Å². The van der Waals surface area contributed by atoms with Crippen LogP contribution in [0.2, 0.25) is 0 Å². The fourth-order valence-corrected chi connectivity index (χ4v) is 6.74. The maximum absolute atomic E-state index is 13.0. The number of halogens is 3. The predicted molar refractivity (Wildman–Crippen MR) is 114 cm³/mol. The number of carbonyl (C=O) groups excluding carboxylic acids is 2. The monoisotopic (exact) mass is 669 g/mol. The summed E-state index contributed by atoms with van der Waals surface area (Å²) in [5.41, 5.74) is 6.56. The average molecular weight is 669 g/mol. The molecule has 0 saturated carbocycles. The Hall–Kier alpha value is -0.380. The molecule has 1 atom stereocenters. The van der Waals surface area contributed by atoms with E-state index in [-0.39, 0.29) is 28.6 Å². The lowest BCUT2D eigenvalue weighted by atomic mass is 10.1. The van der Waals surface area contributed by atoms with Crippen LogP contribution in [0.3, 0.4) is 0 Å². The first-order chi connectivity index (χ1) is 11.2. The van der Waals surface area contributed by atoms with E-state index in [4.69, 9.17) is 5.73 Å². The Labute approximate surface area is 179 Å². The Morgan fingerprint density at radius 1 is 1.17 bits per heavy atom. The molecule has 24 heavy (non-hydrogen) atoms. The van der Waals surface area contributed by atoms with Crippen molar-refractivity contribution < 1.29 is 19.5 Å². The van der Waals surface area contributed by atoms with Gasteiger partial charge in [0.1, 0.15) is 6.04 Å². The van der Waals surface area contributed by atoms with E-state index in [0.29, 0.717) is 23.7 Å². The van der Waals surface area contributed by atoms with Gasteiger partial charge in [0.05, 0.1) is 24.0 Å². The zero-order chi connectivity index (χ0) is 18.2. The topological polar surface area (TPSA) is 113 Å². The summed E-state index contributed by atoms with van der Waals surface area (Å²) in [5.74, 6) is -1.71. The molecule has 1 aliphatic heterocycles. The Balaban J connectivity index is 2.58.